The average molecular weight is 347 g/mol. The number of benzene rings is 1. The van der Waals surface area contributed by atoms with Crippen LogP contribution in [0.3, 0.4) is 0 Å². The summed E-state index contributed by atoms with van der Waals surface area (Å²) in [6.45, 7) is 9.33. The van der Waals surface area contributed by atoms with E-state index in [1.54, 1.807) is 30.3 Å². The molecule has 0 aliphatic heterocycles. The SMILES string of the molecule is C=C(C)C(=O)OCC(COC(=O)C(=C)C)OC(=O)Nc1ccccc1. The van der Waals surface area contributed by atoms with E-state index >= 15 is 0 Å². The Morgan fingerprint density at radius 2 is 1.44 bits per heavy atom. The summed E-state index contributed by atoms with van der Waals surface area (Å²) in [5, 5.41) is 2.52. The minimum absolute atomic E-state index is 0.200. The fraction of sp³-hybridized carbons (Fsp3) is 0.278. The number of ether oxygens (including phenoxy) is 3. The average Bonchev–Trinajstić information content (AvgIpc) is 2.57. The molecule has 1 amide bonds. The van der Waals surface area contributed by atoms with Gasteiger partial charge in [0.25, 0.3) is 0 Å². The number of hydrogen-bond donors (Lipinski definition) is 1. The van der Waals surface area contributed by atoms with E-state index in [9.17, 15) is 14.4 Å². The van der Waals surface area contributed by atoms with Gasteiger partial charge in [-0.25, -0.2) is 14.4 Å². The number of nitrogens with one attached hydrogen (secondary N) is 1. The van der Waals surface area contributed by atoms with Crippen LogP contribution in [-0.2, 0) is 23.8 Å². The van der Waals surface area contributed by atoms with Crippen molar-refractivity contribution in [2.45, 2.75) is 20.0 Å². The summed E-state index contributed by atoms with van der Waals surface area (Å²) in [6.07, 6.45) is -1.75. The molecule has 25 heavy (non-hydrogen) atoms. The predicted octanol–water partition coefficient (Wildman–Crippen LogP) is 2.84. The van der Waals surface area contributed by atoms with Crippen molar-refractivity contribution in [3.8, 4) is 0 Å². The first-order chi connectivity index (χ1) is 11.8. The second kappa shape index (κ2) is 9.92. The van der Waals surface area contributed by atoms with Crippen LogP contribution in [0, 0.1) is 0 Å². The first kappa shape index (κ1) is 20.0. The molecule has 0 aliphatic carbocycles. The molecule has 7 nitrogen and oxygen atoms in total. The minimum Gasteiger partial charge on any atom is -0.458 e. The number of esters is 2. The van der Waals surface area contributed by atoms with E-state index in [2.05, 4.69) is 18.5 Å². The van der Waals surface area contributed by atoms with Crippen molar-refractivity contribution in [3.63, 3.8) is 0 Å². The maximum atomic E-state index is 11.9. The Bertz CT molecular complexity index is 623. The second-order valence-corrected chi connectivity index (χ2v) is 5.28. The van der Waals surface area contributed by atoms with E-state index < -0.39 is 24.1 Å². The highest BCUT2D eigenvalue weighted by molar-refractivity contribution is 5.87. The third-order valence-electron chi connectivity index (χ3n) is 2.79. The van der Waals surface area contributed by atoms with Crippen LogP contribution >= 0.6 is 0 Å². The van der Waals surface area contributed by atoms with Crippen LogP contribution in [0.25, 0.3) is 0 Å². The number of para-hydroxylation sites is 1. The fourth-order valence-corrected chi connectivity index (χ4v) is 1.52. The monoisotopic (exact) mass is 347 g/mol. The Morgan fingerprint density at radius 1 is 0.960 bits per heavy atom. The number of anilines is 1. The third kappa shape index (κ3) is 7.83. The minimum atomic E-state index is -0.977. The molecule has 0 saturated carbocycles. The van der Waals surface area contributed by atoms with Crippen molar-refractivity contribution < 1.29 is 28.6 Å². The Kier molecular flexibility index (Phi) is 7.92. The molecule has 1 aromatic carbocycles. The van der Waals surface area contributed by atoms with Crippen molar-refractivity contribution in [1.82, 2.24) is 0 Å². The lowest BCUT2D eigenvalue weighted by atomic mass is 10.3. The van der Waals surface area contributed by atoms with E-state index in [1.165, 1.54) is 13.8 Å². The van der Waals surface area contributed by atoms with E-state index in [-0.39, 0.29) is 24.4 Å². The second-order valence-electron chi connectivity index (χ2n) is 5.28. The maximum absolute atomic E-state index is 11.9. The van der Waals surface area contributed by atoms with Gasteiger partial charge in [-0.1, -0.05) is 31.4 Å². The largest absolute Gasteiger partial charge is 0.458 e. The van der Waals surface area contributed by atoms with E-state index in [0.29, 0.717) is 5.69 Å². The molecule has 1 rings (SSSR count). The lowest BCUT2D eigenvalue weighted by Gasteiger charge is -2.18. The zero-order chi connectivity index (χ0) is 18.8. The van der Waals surface area contributed by atoms with Crippen LogP contribution in [0.5, 0.6) is 0 Å². The van der Waals surface area contributed by atoms with Crippen molar-refractivity contribution in [2.75, 3.05) is 18.5 Å². The normalized spacial score (nSPS) is 9.88. The molecule has 0 spiro atoms. The van der Waals surface area contributed by atoms with Crippen LogP contribution in [0.1, 0.15) is 13.8 Å². The van der Waals surface area contributed by atoms with E-state index in [1.807, 2.05) is 0 Å². The first-order valence-corrected chi connectivity index (χ1v) is 7.47. The molecule has 0 unspecified atom stereocenters. The molecule has 0 aromatic heterocycles. The van der Waals surface area contributed by atoms with Gasteiger partial charge < -0.3 is 14.2 Å². The number of carbonyl (C=O) groups excluding carboxylic acids is 3. The molecule has 0 bridgehead atoms. The van der Waals surface area contributed by atoms with Gasteiger partial charge in [-0.15, -0.1) is 0 Å². The molecule has 1 N–H and O–H groups in total. The Morgan fingerprint density at radius 3 is 1.88 bits per heavy atom. The van der Waals surface area contributed by atoms with Crippen molar-refractivity contribution >= 4 is 23.7 Å². The lowest BCUT2D eigenvalue weighted by Crippen LogP contribution is -2.32. The Hall–Kier alpha value is -3.09. The standard InChI is InChI=1S/C18H21NO6/c1-12(2)16(20)23-10-15(11-24-17(21)13(3)4)25-18(22)19-14-8-6-5-7-9-14/h5-9,15H,1,3,10-11H2,2,4H3,(H,19,22). The van der Waals surface area contributed by atoms with Gasteiger partial charge in [0.2, 0.25) is 0 Å². The summed E-state index contributed by atoms with van der Waals surface area (Å²) in [5.41, 5.74) is 0.932. The molecule has 0 fully saturated rings. The van der Waals surface area contributed by atoms with Gasteiger partial charge in [-0.2, -0.15) is 0 Å². The zero-order valence-corrected chi connectivity index (χ0v) is 14.2. The van der Waals surface area contributed by atoms with Gasteiger partial charge in [-0.05, 0) is 26.0 Å². The van der Waals surface area contributed by atoms with Gasteiger partial charge in [0, 0.05) is 16.8 Å². The molecule has 0 heterocycles. The molecule has 0 radical (unpaired) electrons. The highest BCUT2D eigenvalue weighted by Gasteiger charge is 2.20. The molecule has 1 aromatic rings. The van der Waals surface area contributed by atoms with Crippen molar-refractivity contribution in [1.29, 1.82) is 0 Å². The van der Waals surface area contributed by atoms with Gasteiger partial charge in [0.05, 0.1) is 0 Å². The van der Waals surface area contributed by atoms with Crippen LogP contribution in [0.15, 0.2) is 54.6 Å². The Labute approximate surface area is 146 Å². The van der Waals surface area contributed by atoms with Crippen LogP contribution in [0.4, 0.5) is 10.5 Å². The van der Waals surface area contributed by atoms with Crippen molar-refractivity contribution in [2.24, 2.45) is 0 Å². The third-order valence-corrected chi connectivity index (χ3v) is 2.79. The maximum Gasteiger partial charge on any atom is 0.412 e. The fourth-order valence-electron chi connectivity index (χ4n) is 1.52. The topological polar surface area (TPSA) is 90.9 Å². The van der Waals surface area contributed by atoms with E-state index in [0.717, 1.165) is 0 Å². The molecular formula is C18H21NO6. The van der Waals surface area contributed by atoms with Gasteiger partial charge >= 0.3 is 18.0 Å². The summed E-state index contributed by atoms with van der Waals surface area (Å²) in [4.78, 5) is 34.9. The Balaban J connectivity index is 2.63. The van der Waals surface area contributed by atoms with Gasteiger partial charge in [0.1, 0.15) is 13.2 Å². The molecular weight excluding hydrogens is 326 g/mol. The first-order valence-electron chi connectivity index (χ1n) is 7.47. The van der Waals surface area contributed by atoms with Crippen LogP contribution < -0.4 is 5.32 Å². The van der Waals surface area contributed by atoms with Gasteiger partial charge in [-0.3, -0.25) is 5.32 Å². The number of carbonyl (C=O) groups is 3. The summed E-state index contributed by atoms with van der Waals surface area (Å²) < 4.78 is 15.1. The number of rotatable bonds is 8. The molecule has 0 atom stereocenters. The zero-order valence-electron chi connectivity index (χ0n) is 14.2. The van der Waals surface area contributed by atoms with E-state index in [4.69, 9.17) is 14.2 Å². The lowest BCUT2D eigenvalue weighted by molar-refractivity contribution is -0.147. The predicted molar refractivity (Wildman–Crippen MR) is 91.9 cm³/mol. The van der Waals surface area contributed by atoms with Crippen LogP contribution in [-0.4, -0.2) is 37.3 Å². The van der Waals surface area contributed by atoms with Gasteiger partial charge in [0.15, 0.2) is 6.10 Å². The molecule has 0 aliphatic rings. The molecule has 134 valence electrons. The number of amides is 1. The summed E-state index contributed by atoms with van der Waals surface area (Å²) in [6, 6.07) is 8.65. The van der Waals surface area contributed by atoms with Crippen molar-refractivity contribution in [3.05, 3.63) is 54.6 Å². The highest BCUT2D eigenvalue weighted by atomic mass is 16.6. The summed E-state index contributed by atoms with van der Waals surface area (Å²) in [7, 11) is 0. The number of hydrogen-bond acceptors (Lipinski definition) is 6. The quantitative estimate of drug-likeness (QED) is 0.442. The smallest absolute Gasteiger partial charge is 0.412 e. The van der Waals surface area contributed by atoms with Crippen LogP contribution in [0.2, 0.25) is 0 Å². The highest BCUT2D eigenvalue weighted by Crippen LogP contribution is 2.07. The summed E-state index contributed by atoms with van der Waals surface area (Å²) in [5.74, 6) is -1.27. The summed E-state index contributed by atoms with van der Waals surface area (Å²) >= 11 is 0. The molecule has 7 heteroatoms. The molecule has 0 saturated heterocycles.